The van der Waals surface area contributed by atoms with Crippen LogP contribution in [-0.4, -0.2) is 5.91 Å². The molecule has 1 aromatic rings. The molecule has 4 heteroatoms. The van der Waals surface area contributed by atoms with Crippen molar-refractivity contribution in [3.05, 3.63) is 24.3 Å². The minimum atomic E-state index is 0.0261. The summed E-state index contributed by atoms with van der Waals surface area (Å²) in [5.41, 5.74) is 0.774. The third kappa shape index (κ3) is 4.05. The number of benzene rings is 1. The third-order valence-electron chi connectivity index (χ3n) is 1.78. The van der Waals surface area contributed by atoms with Crippen LogP contribution in [0.1, 0.15) is 19.8 Å². The number of nitriles is 1. The molecule has 0 atom stereocenters. The van der Waals surface area contributed by atoms with Crippen molar-refractivity contribution < 1.29 is 4.79 Å². The largest absolute Gasteiger partial charge is 0.326 e. The van der Waals surface area contributed by atoms with E-state index >= 15 is 0 Å². The number of thiocyanates is 1. The lowest BCUT2D eigenvalue weighted by Gasteiger charge is -2.03. The SMILES string of the molecule is CCCC(=O)Nc1ccc(SC#N)cc1. The Morgan fingerprint density at radius 1 is 1.47 bits per heavy atom. The lowest BCUT2D eigenvalue weighted by atomic mass is 10.3. The highest BCUT2D eigenvalue weighted by Crippen LogP contribution is 2.18. The molecule has 0 bridgehead atoms. The number of nitrogens with zero attached hydrogens (tertiary/aromatic N) is 1. The molecule has 0 spiro atoms. The van der Waals surface area contributed by atoms with Crippen LogP contribution in [0, 0.1) is 10.7 Å². The van der Waals surface area contributed by atoms with E-state index in [-0.39, 0.29) is 5.91 Å². The quantitative estimate of drug-likeness (QED) is 0.627. The second kappa shape index (κ2) is 6.10. The molecule has 0 heterocycles. The van der Waals surface area contributed by atoms with E-state index in [1.807, 2.05) is 24.5 Å². The highest BCUT2D eigenvalue weighted by molar-refractivity contribution is 8.03. The smallest absolute Gasteiger partial charge is 0.224 e. The van der Waals surface area contributed by atoms with Gasteiger partial charge in [0.05, 0.1) is 0 Å². The molecule has 0 saturated heterocycles. The Morgan fingerprint density at radius 2 is 2.13 bits per heavy atom. The second-order valence-corrected chi connectivity index (χ2v) is 3.87. The Hall–Kier alpha value is -1.47. The van der Waals surface area contributed by atoms with Crippen LogP contribution < -0.4 is 5.32 Å². The minimum Gasteiger partial charge on any atom is -0.326 e. The number of carbonyl (C=O) groups is 1. The average molecular weight is 220 g/mol. The zero-order valence-electron chi connectivity index (χ0n) is 8.49. The Labute approximate surface area is 93.5 Å². The summed E-state index contributed by atoms with van der Waals surface area (Å²) in [6.07, 6.45) is 1.38. The van der Waals surface area contributed by atoms with E-state index in [0.29, 0.717) is 6.42 Å². The molecule has 15 heavy (non-hydrogen) atoms. The van der Waals surface area contributed by atoms with Gasteiger partial charge in [-0.2, -0.15) is 5.26 Å². The van der Waals surface area contributed by atoms with Crippen LogP contribution in [0.15, 0.2) is 29.2 Å². The van der Waals surface area contributed by atoms with Gasteiger partial charge in [0, 0.05) is 17.0 Å². The number of amides is 1. The van der Waals surface area contributed by atoms with Gasteiger partial charge in [-0.3, -0.25) is 4.79 Å². The predicted octanol–water partition coefficient (Wildman–Crippen LogP) is 3.00. The van der Waals surface area contributed by atoms with Gasteiger partial charge in [-0.25, -0.2) is 0 Å². The van der Waals surface area contributed by atoms with Crippen LogP contribution in [-0.2, 0) is 4.79 Å². The first-order chi connectivity index (χ1) is 7.26. The van der Waals surface area contributed by atoms with Crippen molar-refractivity contribution in [2.45, 2.75) is 24.7 Å². The van der Waals surface area contributed by atoms with Gasteiger partial charge in [0.15, 0.2) is 0 Å². The number of hydrogen-bond donors (Lipinski definition) is 1. The number of hydrogen-bond acceptors (Lipinski definition) is 3. The number of thioether (sulfide) groups is 1. The molecule has 78 valence electrons. The molecule has 3 nitrogen and oxygen atoms in total. The molecule has 0 aliphatic heterocycles. The molecular formula is C11H12N2OS. The first-order valence-corrected chi connectivity index (χ1v) is 5.53. The maximum atomic E-state index is 11.3. The van der Waals surface area contributed by atoms with E-state index in [9.17, 15) is 4.79 Å². The second-order valence-electron chi connectivity index (χ2n) is 3.02. The molecule has 0 aromatic heterocycles. The number of anilines is 1. The van der Waals surface area contributed by atoms with Gasteiger partial charge in [-0.05, 0) is 42.4 Å². The van der Waals surface area contributed by atoms with Crippen molar-refractivity contribution >= 4 is 23.4 Å². The molecule has 0 aliphatic carbocycles. The van der Waals surface area contributed by atoms with E-state index in [0.717, 1.165) is 28.8 Å². The van der Waals surface area contributed by atoms with E-state index in [2.05, 4.69) is 5.32 Å². The van der Waals surface area contributed by atoms with Crippen LogP contribution in [0.4, 0.5) is 5.69 Å². The summed E-state index contributed by atoms with van der Waals surface area (Å²) in [6.45, 7) is 1.96. The van der Waals surface area contributed by atoms with Crippen LogP contribution in [0.3, 0.4) is 0 Å². The van der Waals surface area contributed by atoms with Gasteiger partial charge >= 0.3 is 0 Å². The molecule has 0 unspecified atom stereocenters. The first kappa shape index (κ1) is 11.6. The molecule has 1 amide bonds. The van der Waals surface area contributed by atoms with Crippen molar-refractivity contribution in [3.63, 3.8) is 0 Å². The molecule has 0 fully saturated rings. The summed E-state index contributed by atoms with van der Waals surface area (Å²) in [4.78, 5) is 12.1. The Kier molecular flexibility index (Phi) is 4.72. The summed E-state index contributed by atoms with van der Waals surface area (Å²) in [7, 11) is 0. The molecule has 0 saturated carbocycles. The van der Waals surface area contributed by atoms with Crippen molar-refractivity contribution in [2.75, 3.05) is 5.32 Å². The summed E-state index contributed by atoms with van der Waals surface area (Å²) in [5.74, 6) is 0.0261. The van der Waals surface area contributed by atoms with Gasteiger partial charge in [0.1, 0.15) is 5.40 Å². The molecular weight excluding hydrogens is 208 g/mol. The van der Waals surface area contributed by atoms with Crippen molar-refractivity contribution in [1.29, 1.82) is 5.26 Å². The van der Waals surface area contributed by atoms with Crippen LogP contribution in [0.2, 0.25) is 0 Å². The topological polar surface area (TPSA) is 52.9 Å². The lowest BCUT2D eigenvalue weighted by Crippen LogP contribution is -2.10. The average Bonchev–Trinajstić information content (AvgIpc) is 2.22. The van der Waals surface area contributed by atoms with E-state index < -0.39 is 0 Å². The maximum absolute atomic E-state index is 11.3. The Bertz CT molecular complexity index is 367. The molecule has 1 N–H and O–H groups in total. The Balaban J connectivity index is 2.57. The van der Waals surface area contributed by atoms with Crippen LogP contribution in [0.25, 0.3) is 0 Å². The van der Waals surface area contributed by atoms with Crippen LogP contribution >= 0.6 is 11.8 Å². The van der Waals surface area contributed by atoms with Gasteiger partial charge in [-0.15, -0.1) is 0 Å². The Morgan fingerprint density at radius 3 is 2.67 bits per heavy atom. The summed E-state index contributed by atoms with van der Waals surface area (Å²) in [5, 5.41) is 13.2. The highest BCUT2D eigenvalue weighted by Gasteiger charge is 2.00. The number of carbonyl (C=O) groups excluding carboxylic acids is 1. The van der Waals surface area contributed by atoms with Crippen molar-refractivity contribution in [1.82, 2.24) is 0 Å². The number of rotatable bonds is 4. The molecule has 1 rings (SSSR count). The summed E-state index contributed by atoms with van der Waals surface area (Å²) < 4.78 is 0. The van der Waals surface area contributed by atoms with Crippen LogP contribution in [0.5, 0.6) is 0 Å². The van der Waals surface area contributed by atoms with Gasteiger partial charge in [-0.1, -0.05) is 6.92 Å². The van der Waals surface area contributed by atoms with Crippen molar-refractivity contribution in [3.8, 4) is 5.40 Å². The van der Waals surface area contributed by atoms with Gasteiger partial charge in [0.25, 0.3) is 0 Å². The fourth-order valence-corrected chi connectivity index (χ4v) is 1.49. The normalized spacial score (nSPS) is 9.33. The maximum Gasteiger partial charge on any atom is 0.224 e. The molecule has 0 aliphatic rings. The van der Waals surface area contributed by atoms with E-state index in [4.69, 9.17) is 5.26 Å². The lowest BCUT2D eigenvalue weighted by molar-refractivity contribution is -0.116. The van der Waals surface area contributed by atoms with Crippen molar-refractivity contribution in [2.24, 2.45) is 0 Å². The van der Waals surface area contributed by atoms with E-state index in [1.165, 1.54) is 0 Å². The van der Waals surface area contributed by atoms with Gasteiger partial charge < -0.3 is 5.32 Å². The monoisotopic (exact) mass is 220 g/mol. The summed E-state index contributed by atoms with van der Waals surface area (Å²) in [6, 6.07) is 7.23. The standard InChI is InChI=1S/C11H12N2OS/c1-2-3-11(14)13-9-4-6-10(7-5-9)15-8-12/h4-7H,2-3H2,1H3,(H,13,14). The highest BCUT2D eigenvalue weighted by atomic mass is 32.2. The fourth-order valence-electron chi connectivity index (χ4n) is 1.11. The summed E-state index contributed by atoms with van der Waals surface area (Å²) >= 11 is 1.11. The predicted molar refractivity (Wildman–Crippen MR) is 61.4 cm³/mol. The molecule has 1 aromatic carbocycles. The van der Waals surface area contributed by atoms with Gasteiger partial charge in [0.2, 0.25) is 5.91 Å². The zero-order chi connectivity index (χ0) is 11.1. The first-order valence-electron chi connectivity index (χ1n) is 4.72. The zero-order valence-corrected chi connectivity index (χ0v) is 9.30. The number of nitrogens with one attached hydrogen (secondary N) is 1. The fraction of sp³-hybridized carbons (Fsp3) is 0.273. The minimum absolute atomic E-state index is 0.0261. The molecule has 0 radical (unpaired) electrons. The van der Waals surface area contributed by atoms with E-state index in [1.54, 1.807) is 12.1 Å². The third-order valence-corrected chi connectivity index (χ3v) is 2.38.